The number of halogens is 1. The van der Waals surface area contributed by atoms with Crippen molar-refractivity contribution in [2.24, 2.45) is 0 Å². The summed E-state index contributed by atoms with van der Waals surface area (Å²) in [5.41, 5.74) is 6.20. The molecule has 0 aliphatic carbocycles. The second kappa shape index (κ2) is 11.7. The smallest absolute Gasteiger partial charge is 0.275 e. The lowest BCUT2D eigenvalue weighted by molar-refractivity contribution is 0.0536. The van der Waals surface area contributed by atoms with Crippen LogP contribution in [-0.2, 0) is 16.1 Å². The summed E-state index contributed by atoms with van der Waals surface area (Å²) in [5, 5.41) is 7.06. The fourth-order valence-corrected chi connectivity index (χ4v) is 3.99. The minimum Gasteiger partial charge on any atom is -0.494 e. The number of hydrogen-bond acceptors (Lipinski definition) is 8. The molecule has 9 nitrogen and oxygen atoms in total. The van der Waals surface area contributed by atoms with E-state index in [0.29, 0.717) is 47.6 Å². The third-order valence-corrected chi connectivity index (χ3v) is 5.91. The molecule has 35 heavy (non-hydrogen) atoms. The van der Waals surface area contributed by atoms with Crippen LogP contribution in [0.2, 0.25) is 5.02 Å². The van der Waals surface area contributed by atoms with Crippen LogP contribution in [-0.4, -0.2) is 51.4 Å². The average molecular weight is 498 g/mol. The monoisotopic (exact) mass is 497 g/mol. The van der Waals surface area contributed by atoms with E-state index in [1.54, 1.807) is 25.4 Å². The van der Waals surface area contributed by atoms with Gasteiger partial charge < -0.3 is 25.0 Å². The minimum absolute atomic E-state index is 0.319. The molecule has 184 valence electrons. The van der Waals surface area contributed by atoms with Gasteiger partial charge in [0.15, 0.2) is 0 Å². The number of carbonyl (C=O) groups is 1. The Labute approximate surface area is 209 Å². The Bertz CT molecular complexity index is 1170. The van der Waals surface area contributed by atoms with Gasteiger partial charge in [-0.05, 0) is 23.8 Å². The summed E-state index contributed by atoms with van der Waals surface area (Å²) >= 11 is 6.39. The minimum atomic E-state index is -0.319. The molecule has 0 radical (unpaired) electrons. The van der Waals surface area contributed by atoms with Gasteiger partial charge in [0.25, 0.3) is 5.91 Å². The first kappa shape index (κ1) is 24.6. The Morgan fingerprint density at radius 2 is 1.91 bits per heavy atom. The number of rotatable bonds is 9. The molecule has 1 aliphatic heterocycles. The van der Waals surface area contributed by atoms with Crippen molar-refractivity contribution >= 4 is 40.4 Å². The quantitative estimate of drug-likeness (QED) is 0.378. The maximum atomic E-state index is 12.3. The molecule has 2 heterocycles. The van der Waals surface area contributed by atoms with Crippen molar-refractivity contribution in [2.45, 2.75) is 6.54 Å². The van der Waals surface area contributed by atoms with E-state index in [9.17, 15) is 4.79 Å². The maximum absolute atomic E-state index is 12.3. The molecule has 0 atom stereocenters. The van der Waals surface area contributed by atoms with Crippen LogP contribution in [0.15, 0.2) is 54.7 Å². The van der Waals surface area contributed by atoms with E-state index < -0.39 is 0 Å². The summed E-state index contributed by atoms with van der Waals surface area (Å²) in [5.74, 6) is 0.985. The third-order valence-electron chi connectivity index (χ3n) is 5.61. The highest BCUT2D eigenvalue weighted by Gasteiger charge is 2.15. The topological polar surface area (TPSA) is 97.0 Å². The van der Waals surface area contributed by atoms with Crippen molar-refractivity contribution in [3.05, 3.63) is 70.9 Å². The summed E-state index contributed by atoms with van der Waals surface area (Å²) in [6.07, 6.45) is 1.57. The number of methoxy groups -OCH3 is 1. The number of ether oxygens (including phenoxy) is 2. The van der Waals surface area contributed by atoms with E-state index in [2.05, 4.69) is 26.0 Å². The van der Waals surface area contributed by atoms with E-state index in [1.807, 2.05) is 36.4 Å². The predicted molar refractivity (Wildman–Crippen MR) is 137 cm³/mol. The highest BCUT2D eigenvalue weighted by atomic mass is 35.5. The molecule has 3 N–H and O–H groups in total. The summed E-state index contributed by atoms with van der Waals surface area (Å²) < 4.78 is 11.1. The second-order valence-corrected chi connectivity index (χ2v) is 8.21. The zero-order valence-corrected chi connectivity index (χ0v) is 20.4. The van der Waals surface area contributed by atoms with E-state index >= 15 is 0 Å². The van der Waals surface area contributed by atoms with Crippen molar-refractivity contribution in [2.75, 3.05) is 56.1 Å². The number of nitrogens with zero attached hydrogens (tertiary/aromatic N) is 2. The van der Waals surface area contributed by atoms with Gasteiger partial charge in [0.2, 0.25) is 0 Å². The molecule has 1 aliphatic rings. The standard InChI is InChI=1S/C25H28ClN5O4/c1-33-23-13-18(31-9-11-35-12-10-31)7-8-21(23)29-24-14-22(20(26)16-28-24)27-15-17-5-3-4-6-19(17)25(32)30-34-2/h3-8,13-14,16H,9-12,15H2,1-2H3,(H,30,32)(H2,27,28,29). The summed E-state index contributed by atoms with van der Waals surface area (Å²) in [7, 11) is 3.04. The Hall–Kier alpha value is -3.53. The third kappa shape index (κ3) is 6.13. The first-order valence-corrected chi connectivity index (χ1v) is 11.5. The summed E-state index contributed by atoms with van der Waals surface area (Å²) in [4.78, 5) is 23.7. The average Bonchev–Trinajstić information content (AvgIpc) is 2.90. The van der Waals surface area contributed by atoms with Gasteiger partial charge in [-0.2, -0.15) is 0 Å². The van der Waals surface area contributed by atoms with Crippen LogP contribution in [0.1, 0.15) is 15.9 Å². The predicted octanol–water partition coefficient (Wildman–Crippen LogP) is 4.23. The number of morpholine rings is 1. The molecule has 2 aromatic carbocycles. The number of amides is 1. The number of carbonyl (C=O) groups excluding carboxylic acids is 1. The number of anilines is 4. The molecule has 0 unspecified atom stereocenters. The summed E-state index contributed by atoms with van der Waals surface area (Å²) in [6, 6.07) is 15.1. The highest BCUT2D eigenvalue weighted by molar-refractivity contribution is 6.33. The van der Waals surface area contributed by atoms with E-state index in [0.717, 1.165) is 30.0 Å². The lowest BCUT2D eigenvalue weighted by Gasteiger charge is -2.29. The fourth-order valence-electron chi connectivity index (χ4n) is 3.82. The van der Waals surface area contributed by atoms with Crippen LogP contribution in [0.5, 0.6) is 5.75 Å². The van der Waals surface area contributed by atoms with Crippen molar-refractivity contribution in [1.29, 1.82) is 0 Å². The van der Waals surface area contributed by atoms with Crippen molar-refractivity contribution < 1.29 is 19.1 Å². The van der Waals surface area contributed by atoms with Crippen LogP contribution in [0.3, 0.4) is 0 Å². The van der Waals surface area contributed by atoms with Gasteiger partial charge in [-0.15, -0.1) is 0 Å². The van der Waals surface area contributed by atoms with Crippen LogP contribution in [0.4, 0.5) is 22.9 Å². The summed E-state index contributed by atoms with van der Waals surface area (Å²) in [6.45, 7) is 3.51. The molecule has 1 fully saturated rings. The fraction of sp³-hybridized carbons (Fsp3) is 0.280. The van der Waals surface area contributed by atoms with Crippen molar-refractivity contribution in [3.8, 4) is 5.75 Å². The van der Waals surface area contributed by atoms with Gasteiger partial charge in [-0.1, -0.05) is 29.8 Å². The second-order valence-electron chi connectivity index (χ2n) is 7.80. The molecule has 1 amide bonds. The molecule has 0 spiro atoms. The largest absolute Gasteiger partial charge is 0.494 e. The van der Waals surface area contributed by atoms with Gasteiger partial charge in [0, 0.05) is 43.0 Å². The van der Waals surface area contributed by atoms with E-state index in [1.165, 1.54) is 7.11 Å². The first-order valence-electron chi connectivity index (χ1n) is 11.2. The molecular formula is C25H28ClN5O4. The molecule has 10 heteroatoms. The van der Waals surface area contributed by atoms with Gasteiger partial charge in [0.1, 0.15) is 11.6 Å². The Balaban J connectivity index is 1.49. The lowest BCUT2D eigenvalue weighted by atomic mass is 10.1. The lowest BCUT2D eigenvalue weighted by Crippen LogP contribution is -2.36. The first-order chi connectivity index (χ1) is 17.1. The molecule has 4 rings (SSSR count). The van der Waals surface area contributed by atoms with E-state index in [4.69, 9.17) is 25.9 Å². The van der Waals surface area contributed by atoms with Gasteiger partial charge in [-0.25, -0.2) is 10.5 Å². The number of hydrogen-bond donors (Lipinski definition) is 3. The van der Waals surface area contributed by atoms with Gasteiger partial charge in [0.05, 0.1) is 50.0 Å². The van der Waals surface area contributed by atoms with Gasteiger partial charge >= 0.3 is 0 Å². The van der Waals surface area contributed by atoms with Gasteiger partial charge in [-0.3, -0.25) is 9.63 Å². The molecular weight excluding hydrogens is 470 g/mol. The molecule has 0 saturated carbocycles. The zero-order chi connectivity index (χ0) is 24.6. The van der Waals surface area contributed by atoms with Crippen LogP contribution >= 0.6 is 11.6 Å². The molecule has 1 saturated heterocycles. The number of aromatic nitrogens is 1. The Morgan fingerprint density at radius 3 is 2.69 bits per heavy atom. The van der Waals surface area contributed by atoms with Crippen LogP contribution in [0.25, 0.3) is 0 Å². The molecule has 0 bridgehead atoms. The molecule has 3 aromatic rings. The van der Waals surface area contributed by atoms with Crippen LogP contribution in [0, 0.1) is 0 Å². The Kier molecular flexibility index (Phi) is 8.25. The highest BCUT2D eigenvalue weighted by Crippen LogP contribution is 2.33. The van der Waals surface area contributed by atoms with Crippen LogP contribution < -0.4 is 25.8 Å². The molecule has 1 aromatic heterocycles. The number of benzene rings is 2. The zero-order valence-electron chi connectivity index (χ0n) is 19.6. The number of nitrogens with one attached hydrogen (secondary N) is 3. The van der Waals surface area contributed by atoms with Crippen molar-refractivity contribution in [3.63, 3.8) is 0 Å². The van der Waals surface area contributed by atoms with E-state index in [-0.39, 0.29) is 5.91 Å². The maximum Gasteiger partial charge on any atom is 0.275 e. The number of hydroxylamine groups is 1. The number of pyridine rings is 1. The van der Waals surface area contributed by atoms with Crippen molar-refractivity contribution in [1.82, 2.24) is 10.5 Å². The normalized spacial score (nSPS) is 13.3. The SMILES string of the molecule is CONC(=O)c1ccccc1CNc1cc(Nc2ccc(N3CCOCC3)cc2OC)ncc1Cl. The Morgan fingerprint density at radius 1 is 1.11 bits per heavy atom.